The van der Waals surface area contributed by atoms with Gasteiger partial charge in [-0.15, -0.1) is 0 Å². The molecular weight excluding hydrogens is 269 g/mol. The maximum Gasteiger partial charge on any atom is 0.255 e. The summed E-state index contributed by atoms with van der Waals surface area (Å²) in [5.41, 5.74) is 2.27. The van der Waals surface area contributed by atoms with Crippen molar-refractivity contribution < 1.29 is 14.3 Å². The van der Waals surface area contributed by atoms with E-state index in [0.717, 1.165) is 17.7 Å². The molecule has 3 nitrogen and oxygen atoms in total. The fourth-order valence-electron chi connectivity index (χ4n) is 1.99. The second-order valence-corrected chi connectivity index (χ2v) is 5.24. The molecule has 21 heavy (non-hydrogen) atoms. The van der Waals surface area contributed by atoms with Gasteiger partial charge in [0.1, 0.15) is 11.6 Å². The van der Waals surface area contributed by atoms with Crippen LogP contribution < -0.4 is 5.32 Å². The van der Waals surface area contributed by atoms with Crippen molar-refractivity contribution >= 4 is 5.91 Å². The Balaban J connectivity index is 2.00. The van der Waals surface area contributed by atoms with Crippen LogP contribution in [-0.2, 0) is 6.54 Å². The molecule has 0 unspecified atom stereocenters. The highest BCUT2D eigenvalue weighted by Gasteiger charge is 2.11. The lowest BCUT2D eigenvalue weighted by Gasteiger charge is -2.09. The predicted molar refractivity (Wildman–Crippen MR) is 79.8 cm³/mol. The number of amides is 1. The Morgan fingerprint density at radius 3 is 2.43 bits per heavy atom. The zero-order valence-corrected chi connectivity index (χ0v) is 12.1. The van der Waals surface area contributed by atoms with E-state index in [-0.39, 0.29) is 11.3 Å². The first-order valence-corrected chi connectivity index (χ1v) is 6.83. The van der Waals surface area contributed by atoms with Crippen LogP contribution in [0.1, 0.15) is 41.3 Å². The summed E-state index contributed by atoms with van der Waals surface area (Å²) < 4.78 is 12.9. The Morgan fingerprint density at radius 2 is 1.86 bits per heavy atom. The lowest BCUT2D eigenvalue weighted by molar-refractivity contribution is 0.0948. The number of aromatic hydroxyl groups is 1. The molecule has 1 amide bonds. The van der Waals surface area contributed by atoms with Crippen molar-refractivity contribution in [2.75, 3.05) is 0 Å². The van der Waals surface area contributed by atoms with Gasteiger partial charge in [-0.3, -0.25) is 4.79 Å². The molecule has 0 aliphatic heterocycles. The van der Waals surface area contributed by atoms with Gasteiger partial charge in [-0.2, -0.15) is 0 Å². The predicted octanol–water partition coefficient (Wildman–Crippen LogP) is 3.58. The average Bonchev–Trinajstić information content (AvgIpc) is 2.45. The first-order chi connectivity index (χ1) is 9.97. The van der Waals surface area contributed by atoms with Gasteiger partial charge in [0.05, 0.1) is 5.56 Å². The summed E-state index contributed by atoms with van der Waals surface area (Å²) in [6, 6.07) is 11.3. The van der Waals surface area contributed by atoms with Crippen LogP contribution in [0.15, 0.2) is 42.5 Å². The summed E-state index contributed by atoms with van der Waals surface area (Å²) in [5, 5.41) is 12.3. The molecule has 0 spiro atoms. The van der Waals surface area contributed by atoms with Crippen LogP contribution >= 0.6 is 0 Å². The average molecular weight is 287 g/mol. The number of carbonyl (C=O) groups is 1. The molecule has 0 aliphatic carbocycles. The van der Waals surface area contributed by atoms with E-state index in [1.807, 2.05) is 24.3 Å². The molecule has 0 fully saturated rings. The van der Waals surface area contributed by atoms with Crippen molar-refractivity contribution in [2.24, 2.45) is 0 Å². The standard InChI is InChI=1S/C17H18FNO2/c1-11(2)13-5-3-12(4-6-13)10-19-17(21)15-8-7-14(18)9-16(15)20/h3-9,11,20H,10H2,1-2H3,(H,19,21). The van der Waals surface area contributed by atoms with Gasteiger partial charge >= 0.3 is 0 Å². The van der Waals surface area contributed by atoms with Gasteiger partial charge in [0.25, 0.3) is 5.91 Å². The van der Waals surface area contributed by atoms with Crippen molar-refractivity contribution in [2.45, 2.75) is 26.3 Å². The summed E-state index contributed by atoms with van der Waals surface area (Å²) in [6.07, 6.45) is 0. The van der Waals surface area contributed by atoms with E-state index in [4.69, 9.17) is 0 Å². The Hall–Kier alpha value is -2.36. The topological polar surface area (TPSA) is 49.3 Å². The van der Waals surface area contributed by atoms with Crippen molar-refractivity contribution in [1.82, 2.24) is 5.32 Å². The van der Waals surface area contributed by atoms with Gasteiger partial charge in [0, 0.05) is 12.6 Å². The van der Waals surface area contributed by atoms with Crippen LogP contribution in [0.3, 0.4) is 0 Å². The summed E-state index contributed by atoms with van der Waals surface area (Å²) in [5.74, 6) is -0.902. The number of phenols is 1. The van der Waals surface area contributed by atoms with Crippen LogP contribution in [0, 0.1) is 5.82 Å². The molecule has 2 aromatic rings. The van der Waals surface area contributed by atoms with Crippen molar-refractivity contribution in [3.8, 4) is 5.75 Å². The lowest BCUT2D eigenvalue weighted by atomic mass is 10.0. The van der Waals surface area contributed by atoms with Gasteiger partial charge < -0.3 is 10.4 Å². The normalized spacial score (nSPS) is 10.7. The Bertz CT molecular complexity index is 636. The van der Waals surface area contributed by atoms with Crippen LogP contribution in [0.25, 0.3) is 0 Å². The number of rotatable bonds is 4. The fourth-order valence-corrected chi connectivity index (χ4v) is 1.99. The third kappa shape index (κ3) is 3.81. The maximum absolute atomic E-state index is 12.9. The van der Waals surface area contributed by atoms with E-state index in [2.05, 4.69) is 19.2 Å². The van der Waals surface area contributed by atoms with Crippen LogP contribution in [0.4, 0.5) is 4.39 Å². The number of hydrogen-bond acceptors (Lipinski definition) is 2. The third-order valence-electron chi connectivity index (χ3n) is 3.30. The molecule has 0 heterocycles. The summed E-state index contributed by atoms with van der Waals surface area (Å²) in [4.78, 5) is 11.9. The second kappa shape index (κ2) is 6.39. The minimum atomic E-state index is -0.576. The number of benzene rings is 2. The van der Waals surface area contributed by atoms with E-state index in [9.17, 15) is 14.3 Å². The Labute approximate surface area is 123 Å². The molecule has 2 aromatic carbocycles. The molecule has 0 saturated carbocycles. The lowest BCUT2D eigenvalue weighted by Crippen LogP contribution is -2.22. The summed E-state index contributed by atoms with van der Waals surface area (Å²) in [7, 11) is 0. The summed E-state index contributed by atoms with van der Waals surface area (Å²) >= 11 is 0. The zero-order valence-electron chi connectivity index (χ0n) is 12.1. The molecule has 4 heteroatoms. The molecule has 2 rings (SSSR count). The van der Waals surface area contributed by atoms with E-state index in [1.165, 1.54) is 11.6 Å². The smallest absolute Gasteiger partial charge is 0.255 e. The van der Waals surface area contributed by atoms with Crippen LogP contribution in [-0.4, -0.2) is 11.0 Å². The number of halogens is 1. The van der Waals surface area contributed by atoms with Crippen molar-refractivity contribution in [3.63, 3.8) is 0 Å². The van der Waals surface area contributed by atoms with Crippen molar-refractivity contribution in [1.29, 1.82) is 0 Å². The highest BCUT2D eigenvalue weighted by atomic mass is 19.1. The van der Waals surface area contributed by atoms with Crippen molar-refractivity contribution in [3.05, 3.63) is 65.0 Å². The molecule has 0 bridgehead atoms. The van der Waals surface area contributed by atoms with Gasteiger partial charge in [-0.25, -0.2) is 4.39 Å². The second-order valence-electron chi connectivity index (χ2n) is 5.24. The molecule has 0 radical (unpaired) electrons. The Morgan fingerprint density at radius 1 is 1.19 bits per heavy atom. The first-order valence-electron chi connectivity index (χ1n) is 6.83. The largest absolute Gasteiger partial charge is 0.507 e. The van der Waals surface area contributed by atoms with E-state index in [1.54, 1.807) is 0 Å². The molecule has 0 saturated heterocycles. The molecular formula is C17H18FNO2. The van der Waals surface area contributed by atoms with E-state index in [0.29, 0.717) is 12.5 Å². The number of phenolic OH excluding ortho intramolecular Hbond substituents is 1. The van der Waals surface area contributed by atoms with E-state index >= 15 is 0 Å². The Kier molecular flexibility index (Phi) is 4.58. The number of hydrogen-bond donors (Lipinski definition) is 2. The highest BCUT2D eigenvalue weighted by Crippen LogP contribution is 2.18. The molecule has 110 valence electrons. The fraction of sp³-hybridized carbons (Fsp3) is 0.235. The first kappa shape index (κ1) is 15.0. The zero-order chi connectivity index (χ0) is 15.4. The van der Waals surface area contributed by atoms with Gasteiger partial charge in [0.15, 0.2) is 0 Å². The quantitative estimate of drug-likeness (QED) is 0.903. The van der Waals surface area contributed by atoms with Gasteiger partial charge in [0.2, 0.25) is 0 Å². The van der Waals surface area contributed by atoms with Crippen LogP contribution in [0.5, 0.6) is 5.75 Å². The van der Waals surface area contributed by atoms with E-state index < -0.39 is 11.7 Å². The molecule has 0 atom stereocenters. The minimum absolute atomic E-state index is 0.0650. The summed E-state index contributed by atoms with van der Waals surface area (Å²) in [6.45, 7) is 4.59. The van der Waals surface area contributed by atoms with Crippen LogP contribution in [0.2, 0.25) is 0 Å². The molecule has 0 aliphatic rings. The third-order valence-corrected chi connectivity index (χ3v) is 3.30. The number of nitrogens with one attached hydrogen (secondary N) is 1. The number of carbonyl (C=O) groups excluding carboxylic acids is 1. The maximum atomic E-state index is 12.9. The minimum Gasteiger partial charge on any atom is -0.507 e. The SMILES string of the molecule is CC(C)c1ccc(CNC(=O)c2ccc(F)cc2O)cc1. The monoisotopic (exact) mass is 287 g/mol. The highest BCUT2D eigenvalue weighted by molar-refractivity contribution is 5.96. The molecule has 0 aromatic heterocycles. The molecule has 2 N–H and O–H groups in total. The van der Waals surface area contributed by atoms with Gasteiger partial charge in [-0.05, 0) is 29.2 Å². The van der Waals surface area contributed by atoms with Gasteiger partial charge in [-0.1, -0.05) is 38.1 Å².